The Balaban J connectivity index is 1.85. The third kappa shape index (κ3) is 4.30. The monoisotopic (exact) mass is 409 g/mol. The summed E-state index contributed by atoms with van der Waals surface area (Å²) in [6.07, 6.45) is 1.41. The van der Waals surface area contributed by atoms with Crippen LogP contribution in [-0.4, -0.2) is 48.4 Å². The molecule has 0 spiro atoms. The van der Waals surface area contributed by atoms with Crippen molar-refractivity contribution in [3.63, 3.8) is 0 Å². The van der Waals surface area contributed by atoms with Gasteiger partial charge < -0.3 is 14.4 Å². The van der Waals surface area contributed by atoms with Gasteiger partial charge in [-0.2, -0.15) is 5.10 Å². The summed E-state index contributed by atoms with van der Waals surface area (Å²) in [4.78, 5) is 27.4. The van der Waals surface area contributed by atoms with Gasteiger partial charge >= 0.3 is 0 Å². The number of carbonyl (C=O) groups is 1. The van der Waals surface area contributed by atoms with Crippen LogP contribution in [0.15, 0.2) is 47.3 Å². The number of fused-ring (bicyclic) bond motifs is 1. The number of aromatic nitrogens is 2. The van der Waals surface area contributed by atoms with Gasteiger partial charge in [-0.15, -0.1) is 0 Å². The molecule has 0 aliphatic rings. The summed E-state index contributed by atoms with van der Waals surface area (Å²) >= 11 is 0. The van der Waals surface area contributed by atoms with Crippen molar-refractivity contribution in [2.45, 2.75) is 26.3 Å². The number of ether oxygens (including phenoxy) is 2. The van der Waals surface area contributed by atoms with Crippen LogP contribution in [0.25, 0.3) is 10.8 Å². The minimum absolute atomic E-state index is 0.169. The third-order valence-electron chi connectivity index (χ3n) is 5.04. The van der Waals surface area contributed by atoms with Crippen molar-refractivity contribution in [2.24, 2.45) is 0 Å². The molecular formula is C23H27N3O4. The number of benzene rings is 2. The lowest BCUT2D eigenvalue weighted by molar-refractivity contribution is 0.0790. The van der Waals surface area contributed by atoms with Crippen LogP contribution in [0.3, 0.4) is 0 Å². The molecule has 3 rings (SSSR count). The normalized spacial score (nSPS) is 10.8. The van der Waals surface area contributed by atoms with Crippen LogP contribution >= 0.6 is 0 Å². The standard InChI is InChI=1S/C23H27N3O4/c1-5-13-26-22(27)18-9-7-6-8-17(18)21(24-26)23(28)25(2)14-12-16-10-11-19(29-3)20(15-16)30-4/h6-11,15H,5,12-14H2,1-4H3. The summed E-state index contributed by atoms with van der Waals surface area (Å²) < 4.78 is 12.0. The van der Waals surface area contributed by atoms with Crippen LogP contribution in [0.2, 0.25) is 0 Å². The highest BCUT2D eigenvalue weighted by Crippen LogP contribution is 2.27. The Bertz CT molecular complexity index is 1110. The average molecular weight is 409 g/mol. The summed E-state index contributed by atoms with van der Waals surface area (Å²) in [5, 5.41) is 5.49. The van der Waals surface area contributed by atoms with E-state index in [1.807, 2.05) is 31.2 Å². The van der Waals surface area contributed by atoms with Crippen molar-refractivity contribution in [3.8, 4) is 11.5 Å². The Kier molecular flexibility index (Phi) is 6.72. The molecule has 0 bridgehead atoms. The lowest BCUT2D eigenvalue weighted by atomic mass is 10.1. The molecule has 3 aromatic rings. The van der Waals surface area contributed by atoms with Crippen LogP contribution in [0, 0.1) is 0 Å². The van der Waals surface area contributed by atoms with E-state index in [1.54, 1.807) is 44.4 Å². The number of nitrogens with zero attached hydrogens (tertiary/aromatic N) is 3. The fraction of sp³-hybridized carbons (Fsp3) is 0.348. The molecule has 0 atom stereocenters. The Morgan fingerprint density at radius 1 is 1.07 bits per heavy atom. The smallest absolute Gasteiger partial charge is 0.274 e. The highest BCUT2D eigenvalue weighted by Gasteiger charge is 2.20. The highest BCUT2D eigenvalue weighted by atomic mass is 16.5. The van der Waals surface area contributed by atoms with Crippen LogP contribution in [0.1, 0.15) is 29.4 Å². The molecule has 30 heavy (non-hydrogen) atoms. The topological polar surface area (TPSA) is 73.7 Å². The molecule has 0 radical (unpaired) electrons. The molecule has 1 amide bonds. The van der Waals surface area contributed by atoms with Gasteiger partial charge in [0.05, 0.1) is 19.6 Å². The van der Waals surface area contributed by atoms with E-state index in [0.717, 1.165) is 12.0 Å². The molecule has 0 saturated heterocycles. The summed E-state index contributed by atoms with van der Waals surface area (Å²) in [5.74, 6) is 1.11. The van der Waals surface area contributed by atoms with Crippen LogP contribution in [0.4, 0.5) is 0 Å². The van der Waals surface area contributed by atoms with Gasteiger partial charge in [0, 0.05) is 25.5 Å². The predicted octanol–water partition coefficient (Wildman–Crippen LogP) is 3.14. The summed E-state index contributed by atoms with van der Waals surface area (Å²) in [7, 11) is 4.94. The van der Waals surface area contributed by atoms with Gasteiger partial charge in [-0.25, -0.2) is 4.68 Å². The fourth-order valence-corrected chi connectivity index (χ4v) is 3.37. The molecule has 0 aliphatic heterocycles. The SMILES string of the molecule is CCCn1nc(C(=O)N(C)CCc2ccc(OC)c(OC)c2)c2ccccc2c1=O. The fourth-order valence-electron chi connectivity index (χ4n) is 3.37. The van der Waals surface area contributed by atoms with E-state index < -0.39 is 0 Å². The Hall–Kier alpha value is -3.35. The van der Waals surface area contributed by atoms with E-state index in [4.69, 9.17) is 9.47 Å². The number of rotatable bonds is 8. The number of carbonyl (C=O) groups excluding carboxylic acids is 1. The first-order valence-electron chi connectivity index (χ1n) is 9.96. The highest BCUT2D eigenvalue weighted by molar-refractivity contribution is 6.04. The van der Waals surface area contributed by atoms with E-state index in [2.05, 4.69) is 5.10 Å². The maximum Gasteiger partial charge on any atom is 0.274 e. The molecular weight excluding hydrogens is 382 g/mol. The summed E-state index contributed by atoms with van der Waals surface area (Å²) in [6, 6.07) is 12.8. The van der Waals surface area contributed by atoms with Gasteiger partial charge in [-0.1, -0.05) is 31.2 Å². The van der Waals surface area contributed by atoms with E-state index in [-0.39, 0.29) is 11.5 Å². The van der Waals surface area contributed by atoms with E-state index in [0.29, 0.717) is 47.5 Å². The van der Waals surface area contributed by atoms with Crippen LogP contribution in [0.5, 0.6) is 11.5 Å². The van der Waals surface area contributed by atoms with Gasteiger partial charge in [0.25, 0.3) is 11.5 Å². The number of likely N-dealkylation sites (N-methyl/N-ethyl adjacent to an activating group) is 1. The second-order valence-electron chi connectivity index (χ2n) is 7.09. The second-order valence-corrected chi connectivity index (χ2v) is 7.09. The van der Waals surface area contributed by atoms with Crippen molar-refractivity contribution < 1.29 is 14.3 Å². The minimum Gasteiger partial charge on any atom is -0.493 e. The van der Waals surface area contributed by atoms with Crippen LogP contribution in [-0.2, 0) is 13.0 Å². The lowest BCUT2D eigenvalue weighted by Crippen LogP contribution is -2.33. The third-order valence-corrected chi connectivity index (χ3v) is 5.04. The zero-order valence-corrected chi connectivity index (χ0v) is 17.8. The van der Waals surface area contributed by atoms with Crippen molar-refractivity contribution >= 4 is 16.7 Å². The van der Waals surface area contributed by atoms with Crippen molar-refractivity contribution in [3.05, 3.63) is 64.1 Å². The van der Waals surface area contributed by atoms with E-state index in [1.165, 1.54) is 4.68 Å². The zero-order chi connectivity index (χ0) is 21.7. The molecule has 7 heteroatoms. The molecule has 2 aromatic carbocycles. The molecule has 0 aliphatic carbocycles. The molecule has 0 N–H and O–H groups in total. The first kappa shape index (κ1) is 21.4. The average Bonchev–Trinajstić information content (AvgIpc) is 2.78. The maximum absolute atomic E-state index is 13.2. The van der Waals surface area contributed by atoms with Crippen molar-refractivity contribution in [2.75, 3.05) is 27.8 Å². The largest absolute Gasteiger partial charge is 0.493 e. The number of hydrogen-bond acceptors (Lipinski definition) is 5. The summed E-state index contributed by atoms with van der Waals surface area (Å²) in [5.41, 5.74) is 1.16. The van der Waals surface area contributed by atoms with Crippen LogP contribution < -0.4 is 15.0 Å². The number of methoxy groups -OCH3 is 2. The molecule has 1 heterocycles. The van der Waals surface area contributed by atoms with Gasteiger partial charge in [0.15, 0.2) is 17.2 Å². The van der Waals surface area contributed by atoms with Crippen molar-refractivity contribution in [1.82, 2.24) is 14.7 Å². The number of amides is 1. The Morgan fingerprint density at radius 3 is 2.43 bits per heavy atom. The second kappa shape index (κ2) is 9.43. The zero-order valence-electron chi connectivity index (χ0n) is 17.8. The lowest BCUT2D eigenvalue weighted by Gasteiger charge is -2.19. The molecule has 1 aromatic heterocycles. The first-order valence-corrected chi connectivity index (χ1v) is 9.96. The van der Waals surface area contributed by atoms with Gasteiger partial charge in [0.2, 0.25) is 0 Å². The number of hydrogen-bond donors (Lipinski definition) is 0. The molecule has 0 saturated carbocycles. The van der Waals surface area contributed by atoms with Gasteiger partial charge in [-0.05, 0) is 36.6 Å². The maximum atomic E-state index is 13.2. The van der Waals surface area contributed by atoms with Crippen molar-refractivity contribution in [1.29, 1.82) is 0 Å². The van der Waals surface area contributed by atoms with Gasteiger partial charge in [0.1, 0.15) is 0 Å². The molecule has 0 fully saturated rings. The molecule has 158 valence electrons. The Morgan fingerprint density at radius 2 is 1.77 bits per heavy atom. The van der Waals surface area contributed by atoms with E-state index >= 15 is 0 Å². The van der Waals surface area contributed by atoms with Gasteiger partial charge in [-0.3, -0.25) is 9.59 Å². The summed E-state index contributed by atoms with van der Waals surface area (Å²) in [6.45, 7) is 2.94. The number of aryl methyl sites for hydroxylation is 1. The predicted molar refractivity (Wildman–Crippen MR) is 117 cm³/mol. The van der Waals surface area contributed by atoms with E-state index in [9.17, 15) is 9.59 Å². The minimum atomic E-state index is -0.212. The Labute approximate surface area is 175 Å². The molecule has 0 unspecified atom stereocenters. The first-order chi connectivity index (χ1) is 14.5. The molecule has 7 nitrogen and oxygen atoms in total. The quantitative estimate of drug-likeness (QED) is 0.571.